The monoisotopic (exact) mass is 351 g/mol. The zero-order chi connectivity index (χ0) is 18.4. The number of methoxy groups -OCH3 is 1. The highest BCUT2D eigenvalue weighted by Gasteiger charge is 2.15. The molecule has 0 bridgehead atoms. The van der Waals surface area contributed by atoms with Gasteiger partial charge < -0.3 is 14.1 Å². The topological polar surface area (TPSA) is 42.7 Å². The summed E-state index contributed by atoms with van der Waals surface area (Å²) >= 11 is 0. The van der Waals surface area contributed by atoms with Crippen LogP contribution in [0.2, 0.25) is 0 Å². The van der Waals surface area contributed by atoms with Crippen LogP contribution in [-0.4, -0.2) is 13.0 Å². The van der Waals surface area contributed by atoms with Crippen molar-refractivity contribution in [3.8, 4) is 5.75 Å². The van der Waals surface area contributed by atoms with Crippen LogP contribution in [-0.2, 0) is 11.3 Å². The molecule has 2 aromatic carbocycles. The fourth-order valence-corrected chi connectivity index (χ4v) is 2.45. The summed E-state index contributed by atoms with van der Waals surface area (Å²) in [6.45, 7) is 0.298. The number of carbonyl (C=O) groups is 1. The van der Waals surface area contributed by atoms with E-state index in [1.165, 1.54) is 18.2 Å². The van der Waals surface area contributed by atoms with E-state index < -0.39 is 0 Å². The number of rotatable bonds is 6. The van der Waals surface area contributed by atoms with E-state index in [1.54, 1.807) is 54.7 Å². The van der Waals surface area contributed by atoms with Crippen molar-refractivity contribution >= 4 is 17.7 Å². The van der Waals surface area contributed by atoms with Gasteiger partial charge >= 0.3 is 0 Å². The quantitative estimate of drug-likeness (QED) is 0.606. The normalized spacial score (nSPS) is 10.8. The molecule has 0 N–H and O–H groups in total. The second-order valence-corrected chi connectivity index (χ2v) is 5.59. The average Bonchev–Trinajstić information content (AvgIpc) is 3.19. The Hall–Kier alpha value is -3.34. The van der Waals surface area contributed by atoms with Gasteiger partial charge in [0.1, 0.15) is 17.3 Å². The van der Waals surface area contributed by atoms with Crippen molar-refractivity contribution in [2.75, 3.05) is 12.0 Å². The van der Waals surface area contributed by atoms with Crippen LogP contribution in [0.3, 0.4) is 0 Å². The molecule has 3 rings (SSSR count). The van der Waals surface area contributed by atoms with Crippen molar-refractivity contribution in [1.82, 2.24) is 0 Å². The molecule has 3 aromatic rings. The van der Waals surface area contributed by atoms with Crippen molar-refractivity contribution < 1.29 is 18.3 Å². The van der Waals surface area contributed by atoms with E-state index in [0.717, 1.165) is 11.3 Å². The smallest absolute Gasteiger partial charge is 0.251 e. The third-order valence-electron chi connectivity index (χ3n) is 3.83. The number of hydrogen-bond donors (Lipinski definition) is 0. The second-order valence-electron chi connectivity index (χ2n) is 5.59. The molecule has 0 spiro atoms. The molecule has 0 aliphatic rings. The summed E-state index contributed by atoms with van der Waals surface area (Å²) in [5.41, 5.74) is 1.46. The fraction of sp³-hybridized carbons (Fsp3) is 0.0952. The maximum atomic E-state index is 13.0. The van der Waals surface area contributed by atoms with E-state index in [-0.39, 0.29) is 11.7 Å². The number of halogens is 1. The molecular weight excluding hydrogens is 333 g/mol. The Morgan fingerprint density at radius 3 is 2.46 bits per heavy atom. The number of furan rings is 1. The SMILES string of the molecule is COc1ccc(N(Cc2ccco2)C(=O)/C=C/c2ccc(F)cc2)cc1. The highest BCUT2D eigenvalue weighted by molar-refractivity contribution is 6.03. The van der Waals surface area contributed by atoms with E-state index in [2.05, 4.69) is 0 Å². The van der Waals surface area contributed by atoms with Crippen molar-refractivity contribution in [3.05, 3.63) is 90.1 Å². The first kappa shape index (κ1) is 17.5. The molecular formula is C21H18FNO3. The minimum Gasteiger partial charge on any atom is -0.497 e. The third-order valence-corrected chi connectivity index (χ3v) is 3.83. The lowest BCUT2D eigenvalue weighted by Gasteiger charge is -2.20. The second kappa shape index (κ2) is 8.16. The van der Waals surface area contributed by atoms with Gasteiger partial charge in [0.2, 0.25) is 0 Å². The molecule has 4 nitrogen and oxygen atoms in total. The Bertz CT molecular complexity index is 869. The van der Waals surface area contributed by atoms with Crippen molar-refractivity contribution in [2.24, 2.45) is 0 Å². The van der Waals surface area contributed by atoms with Crippen LogP contribution in [0.15, 0.2) is 77.4 Å². The van der Waals surface area contributed by atoms with E-state index in [1.807, 2.05) is 18.2 Å². The summed E-state index contributed by atoms with van der Waals surface area (Å²) in [5, 5.41) is 0. The molecule has 0 atom stereocenters. The lowest BCUT2D eigenvalue weighted by Crippen LogP contribution is -2.28. The average molecular weight is 351 g/mol. The molecule has 1 aromatic heterocycles. The molecule has 0 saturated heterocycles. The number of ether oxygens (including phenoxy) is 1. The van der Waals surface area contributed by atoms with Crippen LogP contribution in [0, 0.1) is 5.82 Å². The van der Waals surface area contributed by atoms with E-state index in [4.69, 9.17) is 9.15 Å². The Labute approximate surface area is 151 Å². The predicted molar refractivity (Wildman–Crippen MR) is 98.3 cm³/mol. The lowest BCUT2D eigenvalue weighted by molar-refractivity contribution is -0.114. The molecule has 0 radical (unpaired) electrons. The van der Waals surface area contributed by atoms with Gasteiger partial charge in [0.15, 0.2) is 0 Å². The predicted octanol–water partition coefficient (Wildman–Crippen LogP) is 4.67. The van der Waals surface area contributed by atoms with E-state index >= 15 is 0 Å². The van der Waals surface area contributed by atoms with Gasteiger partial charge in [0.25, 0.3) is 5.91 Å². The minimum absolute atomic E-state index is 0.212. The molecule has 26 heavy (non-hydrogen) atoms. The summed E-state index contributed by atoms with van der Waals surface area (Å²) < 4.78 is 23.5. The first-order chi connectivity index (χ1) is 12.7. The minimum atomic E-state index is -0.314. The van der Waals surface area contributed by atoms with Gasteiger partial charge in [-0.05, 0) is 60.2 Å². The zero-order valence-electron chi connectivity index (χ0n) is 14.3. The van der Waals surface area contributed by atoms with Crippen molar-refractivity contribution in [3.63, 3.8) is 0 Å². The third kappa shape index (κ3) is 4.39. The Morgan fingerprint density at radius 1 is 1.12 bits per heavy atom. The van der Waals surface area contributed by atoms with E-state index in [9.17, 15) is 9.18 Å². The molecule has 0 aliphatic carbocycles. The highest BCUT2D eigenvalue weighted by atomic mass is 19.1. The molecule has 0 fully saturated rings. The lowest BCUT2D eigenvalue weighted by atomic mass is 10.2. The largest absolute Gasteiger partial charge is 0.497 e. The van der Waals surface area contributed by atoms with Crippen LogP contribution < -0.4 is 9.64 Å². The summed E-state index contributed by atoms with van der Waals surface area (Å²) in [7, 11) is 1.59. The molecule has 0 saturated carbocycles. The number of nitrogens with zero attached hydrogens (tertiary/aromatic N) is 1. The Balaban J connectivity index is 1.83. The maximum absolute atomic E-state index is 13.0. The Kier molecular flexibility index (Phi) is 5.49. The maximum Gasteiger partial charge on any atom is 0.251 e. The summed E-state index contributed by atoms with van der Waals surface area (Å²) in [6, 6.07) is 16.7. The molecule has 1 amide bonds. The van der Waals surface area contributed by atoms with Gasteiger partial charge in [-0.3, -0.25) is 4.79 Å². The van der Waals surface area contributed by atoms with Gasteiger partial charge in [-0.2, -0.15) is 0 Å². The van der Waals surface area contributed by atoms with Crippen LogP contribution in [0.5, 0.6) is 5.75 Å². The van der Waals surface area contributed by atoms with Gasteiger partial charge in [0.05, 0.1) is 19.9 Å². The van der Waals surface area contributed by atoms with Crippen LogP contribution in [0.4, 0.5) is 10.1 Å². The molecule has 132 valence electrons. The first-order valence-electron chi connectivity index (χ1n) is 8.07. The van der Waals surface area contributed by atoms with Crippen molar-refractivity contribution in [1.29, 1.82) is 0 Å². The Morgan fingerprint density at radius 2 is 1.85 bits per heavy atom. The summed E-state index contributed by atoms with van der Waals surface area (Å²) in [4.78, 5) is 14.4. The summed E-state index contributed by atoms with van der Waals surface area (Å²) in [5.74, 6) is 0.854. The van der Waals surface area contributed by atoms with Crippen molar-refractivity contribution in [2.45, 2.75) is 6.54 Å². The molecule has 0 unspecified atom stereocenters. The van der Waals surface area contributed by atoms with Crippen LogP contribution in [0.25, 0.3) is 6.08 Å². The number of hydrogen-bond acceptors (Lipinski definition) is 3. The number of benzene rings is 2. The summed E-state index contributed by atoms with van der Waals surface area (Å²) in [6.07, 6.45) is 4.68. The van der Waals surface area contributed by atoms with Gasteiger partial charge in [-0.15, -0.1) is 0 Å². The van der Waals surface area contributed by atoms with Gasteiger partial charge in [-0.1, -0.05) is 12.1 Å². The number of anilines is 1. The van der Waals surface area contributed by atoms with Crippen LogP contribution >= 0.6 is 0 Å². The standard InChI is InChI=1S/C21H18FNO3/c1-25-19-11-9-18(10-12-19)23(15-20-3-2-14-26-20)21(24)13-6-16-4-7-17(22)8-5-16/h2-14H,15H2,1H3/b13-6+. The number of amides is 1. The zero-order valence-corrected chi connectivity index (χ0v) is 14.3. The molecule has 5 heteroatoms. The molecule has 1 heterocycles. The van der Waals surface area contributed by atoms with E-state index in [0.29, 0.717) is 18.1 Å². The highest BCUT2D eigenvalue weighted by Crippen LogP contribution is 2.22. The fourth-order valence-electron chi connectivity index (χ4n) is 2.45. The first-order valence-corrected chi connectivity index (χ1v) is 8.07. The van der Waals surface area contributed by atoms with Gasteiger partial charge in [0, 0.05) is 11.8 Å². The number of carbonyl (C=O) groups excluding carboxylic acids is 1. The van der Waals surface area contributed by atoms with Gasteiger partial charge in [-0.25, -0.2) is 4.39 Å². The molecule has 0 aliphatic heterocycles. The van der Waals surface area contributed by atoms with Crippen LogP contribution in [0.1, 0.15) is 11.3 Å².